The van der Waals surface area contributed by atoms with E-state index in [1.54, 1.807) is 0 Å². The van der Waals surface area contributed by atoms with E-state index in [0.29, 0.717) is 6.08 Å². The molecule has 0 bridgehead atoms. The molecule has 0 fully saturated rings. The molecule has 3 N–H and O–H groups in total. The van der Waals surface area contributed by atoms with Gasteiger partial charge in [0.2, 0.25) is 0 Å². The van der Waals surface area contributed by atoms with Crippen molar-refractivity contribution in [1.29, 1.82) is 5.41 Å². The summed E-state index contributed by atoms with van der Waals surface area (Å²) in [5.74, 6) is -0.442. The van der Waals surface area contributed by atoms with Crippen molar-refractivity contribution in [3.63, 3.8) is 0 Å². The van der Waals surface area contributed by atoms with Crippen LogP contribution in [-0.2, 0) is 6.54 Å². The van der Waals surface area contributed by atoms with Crippen molar-refractivity contribution in [2.24, 2.45) is 0 Å². The molecule has 0 aliphatic rings. The summed E-state index contributed by atoms with van der Waals surface area (Å²) in [4.78, 5) is 32.7. The number of amides is 1. The van der Waals surface area contributed by atoms with E-state index in [1.165, 1.54) is 59.6 Å². The number of hydrogen-bond acceptors (Lipinski definition) is 6. The number of nitrogens with zero attached hydrogens (tertiary/aromatic N) is 3. The summed E-state index contributed by atoms with van der Waals surface area (Å²) < 4.78 is 42.1. The number of rotatable bonds is 8. The van der Waals surface area contributed by atoms with Gasteiger partial charge in [0, 0.05) is 30.2 Å². The quantitative estimate of drug-likeness (QED) is 0.288. The van der Waals surface area contributed by atoms with E-state index in [4.69, 9.17) is 5.41 Å². The van der Waals surface area contributed by atoms with Crippen LogP contribution < -0.4 is 16.2 Å². The molecule has 3 heterocycles. The van der Waals surface area contributed by atoms with Crippen molar-refractivity contribution in [2.45, 2.75) is 12.7 Å². The summed E-state index contributed by atoms with van der Waals surface area (Å²) >= 11 is 0. The van der Waals surface area contributed by atoms with Gasteiger partial charge in [-0.3, -0.25) is 14.6 Å². The molecule has 8 nitrogen and oxygen atoms in total. The summed E-state index contributed by atoms with van der Waals surface area (Å²) in [6.45, 7) is 0.284. The lowest BCUT2D eigenvalue weighted by atomic mass is 10.1. The second-order valence-electron chi connectivity index (χ2n) is 8.09. The molecule has 192 valence electrons. The number of alkyl halides is 3. The minimum absolute atomic E-state index is 0.00183. The summed E-state index contributed by atoms with van der Waals surface area (Å²) in [5.41, 5.74) is -0.483. The standard InChI is InChI=1S/C27H21F3N6O2/c28-27(29,30)23(13-22(31)19-7-4-12-32-14-19)34-21-9-10-24(33-15-21)35-26(38)20-8-11-25(37)36(17-20)16-18-5-2-1-3-6-18/h1-15,17,31,34H,16H2,(H,33,35,38)/b23-13-,31-22?. The van der Waals surface area contributed by atoms with Gasteiger partial charge in [-0.2, -0.15) is 13.2 Å². The highest BCUT2D eigenvalue weighted by Crippen LogP contribution is 2.27. The largest absolute Gasteiger partial charge is 0.431 e. The van der Waals surface area contributed by atoms with Crippen LogP contribution >= 0.6 is 0 Å². The minimum Gasteiger partial charge on any atom is -0.350 e. The van der Waals surface area contributed by atoms with Crippen LogP contribution in [0.25, 0.3) is 0 Å². The molecule has 1 aromatic carbocycles. The molecule has 0 radical (unpaired) electrons. The molecule has 0 atom stereocenters. The first-order chi connectivity index (χ1) is 18.2. The lowest BCUT2D eigenvalue weighted by molar-refractivity contribution is -0.0901. The maximum Gasteiger partial charge on any atom is 0.431 e. The number of halogens is 3. The molecule has 1 amide bonds. The number of benzene rings is 1. The van der Waals surface area contributed by atoms with Crippen LogP contribution in [0.1, 0.15) is 21.5 Å². The second-order valence-corrected chi connectivity index (χ2v) is 8.09. The number of aromatic nitrogens is 3. The van der Waals surface area contributed by atoms with Gasteiger partial charge in [0.25, 0.3) is 11.5 Å². The van der Waals surface area contributed by atoms with E-state index >= 15 is 0 Å². The second kappa shape index (κ2) is 11.3. The van der Waals surface area contributed by atoms with E-state index in [-0.39, 0.29) is 40.4 Å². The van der Waals surface area contributed by atoms with Gasteiger partial charge < -0.3 is 20.6 Å². The molecule has 0 aliphatic heterocycles. The third-order valence-electron chi connectivity index (χ3n) is 5.29. The zero-order valence-corrected chi connectivity index (χ0v) is 19.7. The average Bonchev–Trinajstić information content (AvgIpc) is 2.91. The molecule has 38 heavy (non-hydrogen) atoms. The lowest BCUT2D eigenvalue weighted by Gasteiger charge is -2.15. The third kappa shape index (κ3) is 6.78. The molecule has 0 aliphatic carbocycles. The fraction of sp³-hybridized carbons (Fsp3) is 0.0741. The van der Waals surface area contributed by atoms with Crippen molar-refractivity contribution >= 4 is 23.1 Å². The van der Waals surface area contributed by atoms with Gasteiger partial charge in [-0.05, 0) is 42.0 Å². The van der Waals surface area contributed by atoms with Gasteiger partial charge in [0.1, 0.15) is 11.5 Å². The maximum atomic E-state index is 13.6. The number of allylic oxidation sites excluding steroid dienone is 2. The van der Waals surface area contributed by atoms with Crippen LogP contribution in [0.5, 0.6) is 0 Å². The topological polar surface area (TPSA) is 113 Å². The summed E-state index contributed by atoms with van der Waals surface area (Å²) in [6.07, 6.45) is 1.20. The van der Waals surface area contributed by atoms with Crippen molar-refractivity contribution in [3.05, 3.63) is 130 Å². The van der Waals surface area contributed by atoms with Crippen LogP contribution in [0.2, 0.25) is 0 Å². The predicted molar refractivity (Wildman–Crippen MR) is 137 cm³/mol. The molecule has 4 aromatic rings. The van der Waals surface area contributed by atoms with Gasteiger partial charge in [-0.25, -0.2) is 4.98 Å². The van der Waals surface area contributed by atoms with E-state index in [1.807, 2.05) is 30.3 Å². The number of pyridine rings is 3. The summed E-state index contributed by atoms with van der Waals surface area (Å²) in [6, 6.07) is 17.6. The van der Waals surface area contributed by atoms with Crippen molar-refractivity contribution in [3.8, 4) is 0 Å². The Labute approximate surface area is 215 Å². The van der Waals surface area contributed by atoms with Gasteiger partial charge in [-0.1, -0.05) is 30.3 Å². The fourth-order valence-corrected chi connectivity index (χ4v) is 3.39. The van der Waals surface area contributed by atoms with Crippen LogP contribution in [0.4, 0.5) is 24.7 Å². The highest BCUT2D eigenvalue weighted by Gasteiger charge is 2.34. The zero-order valence-electron chi connectivity index (χ0n) is 19.7. The number of anilines is 2. The summed E-state index contributed by atoms with van der Waals surface area (Å²) in [7, 11) is 0. The Balaban J connectivity index is 1.45. The Morgan fingerprint density at radius 3 is 2.39 bits per heavy atom. The molecule has 0 saturated heterocycles. The van der Waals surface area contributed by atoms with E-state index in [9.17, 15) is 22.8 Å². The SMILES string of the molecule is N=C(/C=C(\Nc1ccc(NC(=O)c2ccc(=O)n(Cc3ccccc3)c2)nc1)C(F)(F)F)c1cccnc1. The first-order valence-corrected chi connectivity index (χ1v) is 11.3. The van der Waals surface area contributed by atoms with Gasteiger partial charge >= 0.3 is 6.18 Å². The van der Waals surface area contributed by atoms with Crippen LogP contribution in [0.15, 0.2) is 108 Å². The highest BCUT2D eigenvalue weighted by atomic mass is 19.4. The molecule has 4 rings (SSSR count). The Morgan fingerprint density at radius 2 is 1.74 bits per heavy atom. The Morgan fingerprint density at radius 1 is 0.947 bits per heavy atom. The number of carbonyl (C=O) groups excluding carboxylic acids is 1. The Bertz CT molecular complexity index is 1520. The highest BCUT2D eigenvalue weighted by molar-refractivity contribution is 6.07. The monoisotopic (exact) mass is 518 g/mol. The van der Waals surface area contributed by atoms with Gasteiger partial charge in [0.05, 0.1) is 29.7 Å². The number of hydrogen-bond donors (Lipinski definition) is 3. The van der Waals surface area contributed by atoms with E-state index < -0.39 is 17.8 Å². The van der Waals surface area contributed by atoms with Gasteiger partial charge in [-0.15, -0.1) is 0 Å². The number of carbonyl (C=O) groups is 1. The molecular formula is C27H21F3N6O2. The van der Waals surface area contributed by atoms with Gasteiger partial charge in [0.15, 0.2) is 0 Å². The first-order valence-electron chi connectivity index (χ1n) is 11.3. The van der Waals surface area contributed by atoms with Crippen molar-refractivity contribution < 1.29 is 18.0 Å². The smallest absolute Gasteiger partial charge is 0.350 e. The number of nitrogens with one attached hydrogen (secondary N) is 3. The molecule has 0 unspecified atom stereocenters. The first kappa shape index (κ1) is 26.0. The fourth-order valence-electron chi connectivity index (χ4n) is 3.39. The average molecular weight is 518 g/mol. The summed E-state index contributed by atoms with van der Waals surface area (Å²) in [5, 5.41) is 12.7. The normalized spacial score (nSPS) is 11.6. The van der Waals surface area contributed by atoms with Crippen LogP contribution in [-0.4, -0.2) is 32.3 Å². The van der Waals surface area contributed by atoms with Crippen LogP contribution in [0, 0.1) is 5.41 Å². The van der Waals surface area contributed by atoms with Crippen molar-refractivity contribution in [2.75, 3.05) is 10.6 Å². The lowest BCUT2D eigenvalue weighted by Crippen LogP contribution is -2.23. The molecule has 0 spiro atoms. The van der Waals surface area contributed by atoms with Crippen molar-refractivity contribution in [1.82, 2.24) is 14.5 Å². The van der Waals surface area contributed by atoms with Crippen LogP contribution in [0.3, 0.4) is 0 Å². The van der Waals surface area contributed by atoms with E-state index in [0.717, 1.165) is 11.8 Å². The Hall–Kier alpha value is -5.06. The molecule has 0 saturated carbocycles. The molecular weight excluding hydrogens is 497 g/mol. The zero-order chi connectivity index (χ0) is 27.1. The molecule has 11 heteroatoms. The Kier molecular flexibility index (Phi) is 7.76. The predicted octanol–water partition coefficient (Wildman–Crippen LogP) is 4.87. The molecule has 3 aromatic heterocycles. The maximum absolute atomic E-state index is 13.6. The van der Waals surface area contributed by atoms with E-state index in [2.05, 4.69) is 20.6 Å². The minimum atomic E-state index is -4.76. The third-order valence-corrected chi connectivity index (χ3v) is 5.29.